The van der Waals surface area contributed by atoms with Crippen LogP contribution in [0.15, 0.2) is 65.7 Å². The molecule has 1 atom stereocenters. The summed E-state index contributed by atoms with van der Waals surface area (Å²) in [5, 5.41) is 6.64. The normalized spacial score (nSPS) is 13.6. The molecule has 0 spiro atoms. The Balaban J connectivity index is 0.00000102. The van der Waals surface area contributed by atoms with Crippen molar-refractivity contribution in [3.63, 3.8) is 0 Å². The van der Waals surface area contributed by atoms with E-state index in [9.17, 15) is 4.21 Å². The highest BCUT2D eigenvalue weighted by molar-refractivity contribution is 7.86. The lowest BCUT2D eigenvalue weighted by atomic mass is 10.1. The van der Waals surface area contributed by atoms with Gasteiger partial charge in [-0.3, -0.25) is 9.19 Å². The molecule has 2 N–H and O–H groups in total. The van der Waals surface area contributed by atoms with Crippen molar-refractivity contribution in [3.05, 3.63) is 71.9 Å². The van der Waals surface area contributed by atoms with Crippen molar-refractivity contribution in [1.29, 1.82) is 0 Å². The maximum Gasteiger partial charge on any atom is 0.180 e. The largest absolute Gasteiger partial charge is 0.353 e. The van der Waals surface area contributed by atoms with Gasteiger partial charge in [-0.15, -0.1) is 0 Å². The van der Waals surface area contributed by atoms with Crippen molar-refractivity contribution in [1.82, 2.24) is 4.98 Å². The van der Waals surface area contributed by atoms with E-state index in [0.29, 0.717) is 0 Å². The Morgan fingerprint density at radius 2 is 1.59 bits per heavy atom. The van der Waals surface area contributed by atoms with Gasteiger partial charge >= 0.3 is 0 Å². The third-order valence-corrected chi connectivity index (χ3v) is 5.93. The van der Waals surface area contributed by atoms with Crippen LogP contribution in [0.25, 0.3) is 11.3 Å². The molecule has 1 aliphatic heterocycles. The molecule has 0 saturated carbocycles. The van der Waals surface area contributed by atoms with E-state index in [4.69, 9.17) is 0 Å². The van der Waals surface area contributed by atoms with Gasteiger partial charge in [-0.25, -0.2) is 0 Å². The molecule has 1 aromatic heterocycles. The van der Waals surface area contributed by atoms with Gasteiger partial charge in [0.1, 0.15) is 0 Å². The Bertz CT molecular complexity index is 946. The van der Waals surface area contributed by atoms with Crippen LogP contribution in [-0.2, 0) is 10.8 Å². The van der Waals surface area contributed by atoms with E-state index in [0.717, 1.165) is 38.7 Å². The molecule has 1 aliphatic rings. The van der Waals surface area contributed by atoms with E-state index in [1.54, 1.807) is 6.20 Å². The van der Waals surface area contributed by atoms with Crippen LogP contribution in [0, 0.1) is 13.8 Å². The predicted molar refractivity (Wildman–Crippen MR) is 114 cm³/mol. The number of anilines is 2. The van der Waals surface area contributed by atoms with Crippen molar-refractivity contribution >= 4 is 22.2 Å². The number of aromatic nitrogens is 1. The number of hydrogen-bond donors (Lipinski definition) is 2. The summed E-state index contributed by atoms with van der Waals surface area (Å²) in [6, 6.07) is 17.9. The van der Waals surface area contributed by atoms with E-state index in [-0.39, 0.29) is 5.50 Å². The van der Waals surface area contributed by atoms with Gasteiger partial charge in [-0.05, 0) is 49.2 Å². The maximum atomic E-state index is 13.4. The van der Waals surface area contributed by atoms with Crippen LogP contribution in [0.1, 0.15) is 25.0 Å². The number of aryl methyl sites for hydroxylation is 2. The summed E-state index contributed by atoms with van der Waals surface area (Å²) in [6.45, 7) is 8.03. The molecule has 140 valence electrons. The van der Waals surface area contributed by atoms with Crippen LogP contribution >= 0.6 is 0 Å². The first kappa shape index (κ1) is 19.1. The molecule has 0 saturated heterocycles. The fourth-order valence-corrected chi connectivity index (χ4v) is 4.56. The molecule has 0 fully saturated rings. The molecule has 3 aromatic rings. The molecule has 0 amide bonds. The van der Waals surface area contributed by atoms with Crippen molar-refractivity contribution < 1.29 is 4.21 Å². The molecule has 4 rings (SSSR count). The molecule has 4 nitrogen and oxygen atoms in total. The van der Waals surface area contributed by atoms with Crippen molar-refractivity contribution in [2.75, 3.05) is 10.6 Å². The highest BCUT2D eigenvalue weighted by atomic mass is 32.2. The van der Waals surface area contributed by atoms with E-state index in [1.165, 1.54) is 0 Å². The monoisotopic (exact) mass is 379 g/mol. The van der Waals surface area contributed by atoms with Gasteiger partial charge in [0.25, 0.3) is 0 Å². The molecule has 0 radical (unpaired) electrons. The molecule has 27 heavy (non-hydrogen) atoms. The second-order valence-electron chi connectivity index (χ2n) is 6.18. The molecule has 5 heteroatoms. The zero-order valence-electron chi connectivity index (χ0n) is 16.1. The predicted octanol–water partition coefficient (Wildman–Crippen LogP) is 5.32. The fraction of sp³-hybridized carbons (Fsp3) is 0.227. The van der Waals surface area contributed by atoms with Crippen LogP contribution in [0.3, 0.4) is 0 Å². The highest BCUT2D eigenvalue weighted by Gasteiger charge is 2.28. The average Bonchev–Trinajstić information content (AvgIpc) is 3.13. The fourth-order valence-electron chi connectivity index (χ4n) is 3.08. The Labute approximate surface area is 163 Å². The van der Waals surface area contributed by atoms with Crippen LogP contribution in [0.2, 0.25) is 0 Å². The maximum absolute atomic E-state index is 13.4. The van der Waals surface area contributed by atoms with Gasteiger partial charge in [-0.1, -0.05) is 44.2 Å². The number of fused-ring (bicyclic) bond motifs is 1. The summed E-state index contributed by atoms with van der Waals surface area (Å²) in [6.07, 6.45) is 1.79. The zero-order chi connectivity index (χ0) is 19.4. The molecule has 2 aromatic carbocycles. The second-order valence-corrected chi connectivity index (χ2v) is 7.66. The van der Waals surface area contributed by atoms with Crippen LogP contribution in [0.5, 0.6) is 0 Å². The third-order valence-electron chi connectivity index (χ3n) is 4.32. The Hall–Kier alpha value is -2.66. The van der Waals surface area contributed by atoms with Gasteiger partial charge in [0.05, 0.1) is 32.8 Å². The van der Waals surface area contributed by atoms with Crippen LogP contribution in [0.4, 0.5) is 11.4 Å². The summed E-state index contributed by atoms with van der Waals surface area (Å²) < 4.78 is 13.4. The van der Waals surface area contributed by atoms with Gasteiger partial charge in [0.15, 0.2) is 5.50 Å². The Morgan fingerprint density at radius 1 is 0.926 bits per heavy atom. The van der Waals surface area contributed by atoms with Crippen molar-refractivity contribution in [2.45, 2.75) is 38.1 Å². The highest BCUT2D eigenvalue weighted by Crippen LogP contribution is 2.34. The smallest absolute Gasteiger partial charge is 0.180 e. The van der Waals surface area contributed by atoms with Gasteiger partial charge < -0.3 is 10.6 Å². The number of benzene rings is 2. The zero-order valence-corrected chi connectivity index (χ0v) is 16.9. The molecular weight excluding hydrogens is 354 g/mol. The van der Waals surface area contributed by atoms with E-state index >= 15 is 0 Å². The number of hydrogen-bond acceptors (Lipinski definition) is 4. The topological polar surface area (TPSA) is 54.0 Å². The SMILES string of the molecule is CC.Cc1ccnc(-c2cccc(C)c2S(=O)C2Nc3ccccc3N2)c1. The first-order chi connectivity index (χ1) is 13.1. The minimum atomic E-state index is -1.28. The van der Waals surface area contributed by atoms with Gasteiger partial charge in [0.2, 0.25) is 0 Å². The molecule has 0 bridgehead atoms. The lowest BCUT2D eigenvalue weighted by molar-refractivity contribution is 0.679. The summed E-state index contributed by atoms with van der Waals surface area (Å²) in [5.74, 6) is 0. The average molecular weight is 380 g/mol. The van der Waals surface area contributed by atoms with Crippen molar-refractivity contribution in [2.24, 2.45) is 0 Å². The van der Waals surface area contributed by atoms with Crippen molar-refractivity contribution in [3.8, 4) is 11.3 Å². The number of nitrogens with zero attached hydrogens (tertiary/aromatic N) is 1. The lowest BCUT2D eigenvalue weighted by Crippen LogP contribution is -2.28. The molecule has 0 aliphatic carbocycles. The van der Waals surface area contributed by atoms with Crippen LogP contribution < -0.4 is 10.6 Å². The third kappa shape index (κ3) is 3.88. The standard InChI is InChI=1S/C20H19N3OS.C2H6/c1-13-10-11-21-18(12-13)15-7-5-6-14(2)19(15)25(24)20-22-16-8-3-4-9-17(16)23-20;1-2/h3-12,20,22-23H,1-2H3;1-2H3. The first-order valence-electron chi connectivity index (χ1n) is 9.19. The molecule has 1 unspecified atom stereocenters. The number of para-hydroxylation sites is 2. The van der Waals surface area contributed by atoms with E-state index in [2.05, 4.69) is 15.6 Å². The summed E-state index contributed by atoms with van der Waals surface area (Å²) in [5.41, 5.74) is 5.49. The molecular formula is C22H25N3OS. The minimum Gasteiger partial charge on any atom is -0.353 e. The van der Waals surface area contributed by atoms with Crippen LogP contribution in [-0.4, -0.2) is 14.7 Å². The first-order valence-corrected chi connectivity index (χ1v) is 10.4. The van der Waals surface area contributed by atoms with E-state index < -0.39 is 10.8 Å². The quantitative estimate of drug-likeness (QED) is 0.647. The molecule has 2 heterocycles. The second kappa shape index (κ2) is 8.35. The van der Waals surface area contributed by atoms with E-state index in [1.807, 2.05) is 82.3 Å². The van der Waals surface area contributed by atoms with Gasteiger partial charge in [-0.2, -0.15) is 0 Å². The summed E-state index contributed by atoms with van der Waals surface area (Å²) >= 11 is 0. The lowest BCUT2D eigenvalue weighted by Gasteiger charge is -2.17. The van der Waals surface area contributed by atoms with Gasteiger partial charge in [0, 0.05) is 11.8 Å². The Morgan fingerprint density at radius 3 is 2.22 bits per heavy atom. The number of rotatable bonds is 3. The minimum absolute atomic E-state index is 0.359. The number of pyridine rings is 1. The number of nitrogens with one attached hydrogen (secondary N) is 2. The summed E-state index contributed by atoms with van der Waals surface area (Å²) in [4.78, 5) is 5.30. The summed E-state index contributed by atoms with van der Waals surface area (Å²) in [7, 11) is -1.28. The Kier molecular flexibility index (Phi) is 5.91.